The van der Waals surface area contributed by atoms with Crippen LogP contribution in [0.4, 0.5) is 28.8 Å². The van der Waals surface area contributed by atoms with Crippen molar-refractivity contribution in [1.82, 2.24) is 24.9 Å². The zero-order valence-corrected chi connectivity index (χ0v) is 26.8. The highest BCUT2D eigenvalue weighted by atomic mass is 31.1. The van der Waals surface area contributed by atoms with Crippen LogP contribution in [0.2, 0.25) is 0 Å². The molecule has 7 rings (SSSR count). The summed E-state index contributed by atoms with van der Waals surface area (Å²) in [7, 11) is 1.20. The molecule has 1 saturated heterocycles. The van der Waals surface area contributed by atoms with E-state index >= 15 is 0 Å². The van der Waals surface area contributed by atoms with E-state index in [-0.39, 0.29) is 0 Å². The first-order valence-corrected chi connectivity index (χ1v) is 17.2. The standard InChI is InChI=1S/C32H35N10O3P/c1-34-18-19(17-33)21-16-24(27-28(45-15-14-44-27)26(21)42-10-12-43-13-11-42)39-32-40-30-20(6-7-37-30)31(41-32)38-23-5-4-22-25(29(23)46(2)3)36-9-8-35-22/h4-9,16-18H,10-15,33H2,1-3H3,(H3,37,38,39,40,41). The first kappa shape index (κ1) is 29.7. The predicted octanol–water partition coefficient (Wildman–Crippen LogP) is 4.36. The first-order valence-electron chi connectivity index (χ1n) is 15.0. The van der Waals surface area contributed by atoms with Gasteiger partial charge < -0.3 is 40.5 Å². The Bertz CT molecular complexity index is 1970. The zero-order chi connectivity index (χ0) is 31.6. The molecule has 236 valence electrons. The molecule has 0 radical (unpaired) electrons. The van der Waals surface area contributed by atoms with Gasteiger partial charge in [-0.3, -0.25) is 15.0 Å². The number of ether oxygens (including phenoxy) is 3. The number of H-pyrrole nitrogens is 1. The molecular formula is C32H35N10O3P. The third-order valence-electron chi connectivity index (χ3n) is 7.85. The Hall–Kier alpha value is -5.00. The third kappa shape index (κ3) is 5.52. The zero-order valence-electron chi connectivity index (χ0n) is 25.9. The van der Waals surface area contributed by atoms with Crippen LogP contribution in [0, 0.1) is 0 Å². The number of nitrogens with two attached hydrogens (primary N) is 1. The second kappa shape index (κ2) is 12.8. The van der Waals surface area contributed by atoms with Crippen LogP contribution in [0.15, 0.2) is 54.0 Å². The van der Waals surface area contributed by atoms with Crippen LogP contribution in [0.25, 0.3) is 27.6 Å². The number of aromatic nitrogens is 5. The molecule has 3 aromatic heterocycles. The molecule has 2 aliphatic heterocycles. The lowest BCUT2D eigenvalue weighted by atomic mass is 10.0. The van der Waals surface area contributed by atoms with Crippen molar-refractivity contribution in [1.29, 1.82) is 0 Å². The number of rotatable bonds is 8. The minimum Gasteiger partial charge on any atom is -0.484 e. The van der Waals surface area contributed by atoms with E-state index in [2.05, 4.69) is 48.8 Å². The molecule has 0 saturated carbocycles. The van der Waals surface area contributed by atoms with Gasteiger partial charge in [0.1, 0.15) is 24.7 Å². The summed E-state index contributed by atoms with van der Waals surface area (Å²) in [6.45, 7) is 7.89. The Morgan fingerprint density at radius 1 is 1.00 bits per heavy atom. The van der Waals surface area contributed by atoms with Crippen LogP contribution < -0.4 is 36.0 Å². The number of nitrogens with one attached hydrogen (secondary N) is 3. The second-order valence-corrected chi connectivity index (χ2v) is 13.2. The molecule has 5 heterocycles. The summed E-state index contributed by atoms with van der Waals surface area (Å²) in [6, 6.07) is 7.97. The van der Waals surface area contributed by atoms with Crippen LogP contribution >= 0.6 is 7.92 Å². The fraction of sp³-hybridized carbons (Fsp3) is 0.281. The van der Waals surface area contributed by atoms with E-state index in [1.165, 1.54) is 0 Å². The van der Waals surface area contributed by atoms with Gasteiger partial charge in [0.05, 0.1) is 41.0 Å². The number of allylic oxidation sites excluding steroid dienone is 1. The van der Waals surface area contributed by atoms with Crippen molar-refractivity contribution in [3.05, 3.63) is 54.6 Å². The molecule has 2 aromatic carbocycles. The lowest BCUT2D eigenvalue weighted by Gasteiger charge is -2.34. The van der Waals surface area contributed by atoms with Crippen molar-refractivity contribution in [2.45, 2.75) is 0 Å². The molecule has 0 amide bonds. The van der Waals surface area contributed by atoms with E-state index in [1.807, 2.05) is 30.5 Å². The number of nitrogens with zero attached hydrogens (tertiary/aromatic N) is 6. The van der Waals surface area contributed by atoms with Gasteiger partial charge in [-0.25, -0.2) is 0 Å². The Balaban J connectivity index is 1.34. The van der Waals surface area contributed by atoms with E-state index in [0.29, 0.717) is 74.1 Å². The number of aliphatic imine (C=N–C) groups is 1. The summed E-state index contributed by atoms with van der Waals surface area (Å²) >= 11 is 0. The average molecular weight is 639 g/mol. The molecule has 2 aliphatic rings. The van der Waals surface area contributed by atoms with E-state index in [4.69, 9.17) is 29.9 Å². The van der Waals surface area contributed by atoms with Gasteiger partial charge in [0, 0.05) is 73.3 Å². The molecule has 14 heteroatoms. The molecule has 0 aliphatic carbocycles. The number of hydrogen-bond donors (Lipinski definition) is 4. The van der Waals surface area contributed by atoms with Gasteiger partial charge in [-0.05, 0) is 37.6 Å². The van der Waals surface area contributed by atoms with Crippen LogP contribution in [0.3, 0.4) is 0 Å². The van der Waals surface area contributed by atoms with Crippen LogP contribution in [-0.2, 0) is 4.74 Å². The topological polar surface area (TPSA) is 161 Å². The number of aromatic amines is 1. The van der Waals surface area contributed by atoms with Gasteiger partial charge in [0.25, 0.3) is 0 Å². The van der Waals surface area contributed by atoms with Crippen LogP contribution in [0.1, 0.15) is 5.56 Å². The van der Waals surface area contributed by atoms with E-state index in [0.717, 1.165) is 44.2 Å². The lowest BCUT2D eigenvalue weighted by molar-refractivity contribution is 0.121. The maximum atomic E-state index is 6.30. The number of anilines is 5. The Morgan fingerprint density at radius 2 is 1.80 bits per heavy atom. The number of morpholine rings is 1. The largest absolute Gasteiger partial charge is 0.484 e. The Labute approximate surface area is 267 Å². The predicted molar refractivity (Wildman–Crippen MR) is 185 cm³/mol. The summed E-state index contributed by atoms with van der Waals surface area (Å²) in [5.41, 5.74) is 12.6. The molecule has 0 unspecified atom stereocenters. The average Bonchev–Trinajstić information content (AvgIpc) is 3.56. The number of hydrogen-bond acceptors (Lipinski definition) is 12. The monoisotopic (exact) mass is 638 g/mol. The molecule has 1 fully saturated rings. The molecule has 5 aromatic rings. The van der Waals surface area contributed by atoms with Crippen molar-refractivity contribution < 1.29 is 14.2 Å². The molecule has 0 spiro atoms. The summed E-state index contributed by atoms with van der Waals surface area (Å²) < 4.78 is 18.2. The fourth-order valence-corrected chi connectivity index (χ4v) is 7.07. The van der Waals surface area contributed by atoms with E-state index < -0.39 is 7.92 Å². The molecule has 13 nitrogen and oxygen atoms in total. The van der Waals surface area contributed by atoms with Crippen molar-refractivity contribution in [3.8, 4) is 11.5 Å². The summed E-state index contributed by atoms with van der Waals surface area (Å²) in [6.07, 6.45) is 8.59. The quantitative estimate of drug-likeness (QED) is 0.141. The van der Waals surface area contributed by atoms with E-state index in [9.17, 15) is 0 Å². The van der Waals surface area contributed by atoms with Gasteiger partial charge in [-0.2, -0.15) is 9.97 Å². The van der Waals surface area contributed by atoms with Crippen molar-refractivity contribution >= 4 is 75.9 Å². The molecule has 0 atom stereocenters. The highest BCUT2D eigenvalue weighted by molar-refractivity contribution is 7.65. The SMILES string of the molecule is CN=CC(=CN)c1cc(Nc2nc(Nc3ccc4nccnc4c3P(C)C)c3cc[nH]c3n2)c2c(c1N1CCOCC1)OCCO2. The lowest BCUT2D eigenvalue weighted by Crippen LogP contribution is -2.37. The normalized spacial score (nSPS) is 15.3. The van der Waals surface area contributed by atoms with E-state index in [1.54, 1.807) is 31.9 Å². The van der Waals surface area contributed by atoms with Gasteiger partial charge >= 0.3 is 0 Å². The minimum absolute atomic E-state index is 0.374. The molecular weight excluding hydrogens is 603 g/mol. The molecule has 46 heavy (non-hydrogen) atoms. The maximum Gasteiger partial charge on any atom is 0.231 e. The van der Waals surface area contributed by atoms with Gasteiger partial charge in [-0.1, -0.05) is 7.92 Å². The fourth-order valence-electron chi connectivity index (χ4n) is 5.87. The molecule has 0 bridgehead atoms. The number of benzene rings is 2. The van der Waals surface area contributed by atoms with Gasteiger partial charge in [-0.15, -0.1) is 0 Å². The van der Waals surface area contributed by atoms with Crippen LogP contribution in [0.5, 0.6) is 11.5 Å². The summed E-state index contributed by atoms with van der Waals surface area (Å²) in [4.78, 5) is 28.7. The van der Waals surface area contributed by atoms with Crippen molar-refractivity contribution in [3.63, 3.8) is 0 Å². The highest BCUT2D eigenvalue weighted by Gasteiger charge is 2.30. The highest BCUT2D eigenvalue weighted by Crippen LogP contribution is 2.50. The molecule has 5 N–H and O–H groups in total. The smallest absolute Gasteiger partial charge is 0.231 e. The second-order valence-electron chi connectivity index (χ2n) is 11.0. The Kier molecular flexibility index (Phi) is 8.25. The van der Waals surface area contributed by atoms with Crippen molar-refractivity contribution in [2.24, 2.45) is 10.7 Å². The third-order valence-corrected chi connectivity index (χ3v) is 9.20. The maximum absolute atomic E-state index is 6.30. The minimum atomic E-state index is -0.522. The van der Waals surface area contributed by atoms with Crippen molar-refractivity contribution in [2.75, 3.05) is 75.4 Å². The summed E-state index contributed by atoms with van der Waals surface area (Å²) in [5, 5.41) is 9.00. The van der Waals surface area contributed by atoms with Gasteiger partial charge in [0.15, 0.2) is 11.5 Å². The number of fused-ring (bicyclic) bond motifs is 3. The summed E-state index contributed by atoms with van der Waals surface area (Å²) in [5.74, 6) is 2.24. The van der Waals surface area contributed by atoms with Gasteiger partial charge in [0.2, 0.25) is 5.95 Å². The van der Waals surface area contributed by atoms with Crippen LogP contribution in [-0.4, -0.2) is 91.0 Å². The first-order chi connectivity index (χ1) is 22.6. The Morgan fingerprint density at radius 3 is 2.59 bits per heavy atom.